The maximum Gasteiger partial charge on any atom is 0.307 e. The molecule has 6 heteroatoms. The molecule has 2 atom stereocenters. The maximum atomic E-state index is 12.0. The van der Waals surface area contributed by atoms with E-state index in [0.29, 0.717) is 26.2 Å². The van der Waals surface area contributed by atoms with Gasteiger partial charge in [0.15, 0.2) is 11.5 Å². The number of hydrogen-bond acceptors (Lipinski definition) is 4. The van der Waals surface area contributed by atoms with E-state index in [-0.39, 0.29) is 17.2 Å². The van der Waals surface area contributed by atoms with Crippen LogP contribution in [0.25, 0.3) is 0 Å². The largest absolute Gasteiger partial charge is 0.486 e. The Hall–Kier alpha value is -2.24. The van der Waals surface area contributed by atoms with Crippen LogP contribution in [0, 0.1) is 11.8 Å². The van der Waals surface area contributed by atoms with Crippen LogP contribution in [0.3, 0.4) is 0 Å². The van der Waals surface area contributed by atoms with E-state index in [9.17, 15) is 9.59 Å². The number of carboxylic acids is 1. The van der Waals surface area contributed by atoms with Crippen LogP contribution in [0.5, 0.6) is 11.5 Å². The monoisotopic (exact) mass is 319 g/mol. The number of nitrogens with one attached hydrogen (secondary N) is 1. The van der Waals surface area contributed by atoms with Crippen molar-refractivity contribution in [1.82, 2.24) is 5.32 Å². The summed E-state index contributed by atoms with van der Waals surface area (Å²) in [5, 5.41) is 11.8. The molecule has 6 nitrogen and oxygen atoms in total. The number of carbonyl (C=O) groups excluding carboxylic acids is 1. The van der Waals surface area contributed by atoms with Gasteiger partial charge in [0.2, 0.25) is 5.91 Å². The van der Waals surface area contributed by atoms with Crippen LogP contribution in [0.2, 0.25) is 0 Å². The molecule has 2 N–H and O–H groups in total. The Morgan fingerprint density at radius 1 is 1.22 bits per heavy atom. The van der Waals surface area contributed by atoms with Gasteiger partial charge >= 0.3 is 5.97 Å². The minimum absolute atomic E-state index is 0.178. The second-order valence-electron chi connectivity index (χ2n) is 6.75. The summed E-state index contributed by atoms with van der Waals surface area (Å²) in [6.07, 6.45) is 0.436. The van der Waals surface area contributed by atoms with E-state index < -0.39 is 11.9 Å². The Kier molecular flexibility index (Phi) is 3.92. The van der Waals surface area contributed by atoms with Crippen molar-refractivity contribution in [1.29, 1.82) is 0 Å². The van der Waals surface area contributed by atoms with E-state index >= 15 is 0 Å². The van der Waals surface area contributed by atoms with Gasteiger partial charge in [-0.05, 0) is 24.1 Å². The first-order valence-corrected chi connectivity index (χ1v) is 7.79. The third-order valence-electron chi connectivity index (χ3n) is 4.47. The second kappa shape index (κ2) is 5.76. The molecule has 3 rings (SSSR count). The van der Waals surface area contributed by atoms with E-state index in [1.54, 1.807) is 0 Å². The van der Waals surface area contributed by atoms with Crippen molar-refractivity contribution in [3.05, 3.63) is 23.8 Å². The zero-order valence-corrected chi connectivity index (χ0v) is 13.3. The maximum absolute atomic E-state index is 12.0. The molecule has 0 unspecified atom stereocenters. The molecule has 1 saturated carbocycles. The number of carboxylic acid groups (broad SMARTS) is 1. The van der Waals surface area contributed by atoms with Gasteiger partial charge in [-0.3, -0.25) is 9.59 Å². The topological polar surface area (TPSA) is 84.9 Å². The minimum Gasteiger partial charge on any atom is -0.486 e. The summed E-state index contributed by atoms with van der Waals surface area (Å²) in [5.41, 5.74) is 0.742. The highest BCUT2D eigenvalue weighted by molar-refractivity contribution is 5.89. The van der Waals surface area contributed by atoms with Crippen molar-refractivity contribution in [3.63, 3.8) is 0 Å². The smallest absolute Gasteiger partial charge is 0.307 e. The molecule has 0 saturated heterocycles. The SMILES string of the molecule is CC(C)(CNC(=O)[C@@H]1C[C@H]1C(=O)O)c1ccc2c(c1)OCCO2. The quantitative estimate of drug-likeness (QED) is 0.860. The second-order valence-corrected chi connectivity index (χ2v) is 6.75. The van der Waals surface area contributed by atoms with E-state index in [1.165, 1.54) is 0 Å². The van der Waals surface area contributed by atoms with Crippen molar-refractivity contribution in [2.75, 3.05) is 19.8 Å². The summed E-state index contributed by atoms with van der Waals surface area (Å²) in [4.78, 5) is 22.8. The molecule has 0 radical (unpaired) electrons. The van der Waals surface area contributed by atoms with E-state index in [1.807, 2.05) is 32.0 Å². The first-order chi connectivity index (χ1) is 10.9. The molecule has 1 aliphatic carbocycles. The van der Waals surface area contributed by atoms with Gasteiger partial charge < -0.3 is 19.9 Å². The van der Waals surface area contributed by atoms with Gasteiger partial charge in [-0.2, -0.15) is 0 Å². The molecule has 124 valence electrons. The van der Waals surface area contributed by atoms with Crippen molar-refractivity contribution in [2.45, 2.75) is 25.7 Å². The highest BCUT2D eigenvalue weighted by Crippen LogP contribution is 2.39. The van der Waals surface area contributed by atoms with Gasteiger partial charge in [0.25, 0.3) is 0 Å². The number of fused-ring (bicyclic) bond motifs is 1. The van der Waals surface area contributed by atoms with Gasteiger partial charge in [-0.25, -0.2) is 0 Å². The molecule has 23 heavy (non-hydrogen) atoms. The van der Waals surface area contributed by atoms with Gasteiger partial charge in [0.1, 0.15) is 13.2 Å². The fourth-order valence-corrected chi connectivity index (χ4v) is 2.76. The van der Waals surface area contributed by atoms with E-state index in [4.69, 9.17) is 14.6 Å². The number of benzene rings is 1. The van der Waals surface area contributed by atoms with E-state index in [2.05, 4.69) is 5.32 Å². The molecule has 1 heterocycles. The third-order valence-corrected chi connectivity index (χ3v) is 4.47. The Labute approximate surface area is 134 Å². The summed E-state index contributed by atoms with van der Waals surface area (Å²) < 4.78 is 11.1. The van der Waals surface area contributed by atoms with Crippen LogP contribution < -0.4 is 14.8 Å². The molecule has 1 aromatic carbocycles. The molecule has 1 aromatic rings. The molecular formula is C17H21NO5. The lowest BCUT2D eigenvalue weighted by Gasteiger charge is -2.28. The molecule has 0 spiro atoms. The van der Waals surface area contributed by atoms with Crippen LogP contribution in [0.4, 0.5) is 0 Å². The molecule has 1 fully saturated rings. The van der Waals surface area contributed by atoms with Gasteiger partial charge in [0, 0.05) is 12.0 Å². The molecule has 0 aromatic heterocycles. The average molecular weight is 319 g/mol. The zero-order chi connectivity index (χ0) is 16.6. The number of amides is 1. The van der Waals surface area contributed by atoms with Gasteiger partial charge in [-0.15, -0.1) is 0 Å². The van der Waals surface area contributed by atoms with Crippen LogP contribution in [0.1, 0.15) is 25.8 Å². The normalized spacial score (nSPS) is 22.3. The Bertz CT molecular complexity index is 640. The van der Waals surface area contributed by atoms with Crippen LogP contribution in [-0.4, -0.2) is 36.7 Å². The first-order valence-electron chi connectivity index (χ1n) is 7.79. The van der Waals surface area contributed by atoms with Crippen molar-refractivity contribution >= 4 is 11.9 Å². The van der Waals surface area contributed by atoms with Crippen LogP contribution in [-0.2, 0) is 15.0 Å². The summed E-state index contributed by atoms with van der Waals surface area (Å²) in [7, 11) is 0. The molecular weight excluding hydrogens is 298 g/mol. The average Bonchev–Trinajstić information content (AvgIpc) is 3.33. The number of hydrogen-bond donors (Lipinski definition) is 2. The first kappa shape index (κ1) is 15.6. The Morgan fingerprint density at radius 2 is 1.91 bits per heavy atom. The number of aliphatic carboxylic acids is 1. The Balaban J connectivity index is 1.63. The summed E-state index contributed by atoms with van der Waals surface area (Å²) in [5.74, 6) is -0.515. The minimum atomic E-state index is -0.892. The fraction of sp³-hybridized carbons (Fsp3) is 0.529. The van der Waals surface area contributed by atoms with Crippen LogP contribution in [0.15, 0.2) is 18.2 Å². The standard InChI is InChI=1S/C17H21NO5/c1-17(2,9-18-15(19)11-8-12(11)16(20)21)10-3-4-13-14(7-10)23-6-5-22-13/h3-4,7,11-12H,5-6,8-9H2,1-2H3,(H,18,19)(H,20,21)/t11-,12-/m1/s1. The van der Waals surface area contributed by atoms with Crippen molar-refractivity contribution in [2.24, 2.45) is 11.8 Å². The summed E-state index contributed by atoms with van der Waals surface area (Å²) in [6.45, 7) is 5.58. The third kappa shape index (κ3) is 3.25. The molecule has 2 aliphatic rings. The highest BCUT2D eigenvalue weighted by atomic mass is 16.6. The number of carbonyl (C=O) groups is 2. The predicted molar refractivity (Wildman–Crippen MR) is 82.7 cm³/mol. The molecule has 1 aliphatic heterocycles. The zero-order valence-electron chi connectivity index (χ0n) is 13.3. The summed E-state index contributed by atoms with van der Waals surface area (Å²) in [6, 6.07) is 5.80. The Morgan fingerprint density at radius 3 is 2.57 bits per heavy atom. The van der Waals surface area contributed by atoms with Gasteiger partial charge in [0.05, 0.1) is 11.8 Å². The van der Waals surface area contributed by atoms with E-state index in [0.717, 1.165) is 17.1 Å². The van der Waals surface area contributed by atoms with Gasteiger partial charge in [-0.1, -0.05) is 19.9 Å². The lowest BCUT2D eigenvalue weighted by atomic mass is 9.84. The van der Waals surface area contributed by atoms with Crippen molar-refractivity contribution in [3.8, 4) is 11.5 Å². The lowest BCUT2D eigenvalue weighted by molar-refractivity contribution is -0.140. The predicted octanol–water partition coefficient (Wildman–Crippen LogP) is 1.57. The lowest BCUT2D eigenvalue weighted by Crippen LogP contribution is -2.38. The number of ether oxygens (including phenoxy) is 2. The van der Waals surface area contributed by atoms with Crippen LogP contribution >= 0.6 is 0 Å². The molecule has 1 amide bonds. The summed E-state index contributed by atoms with van der Waals surface area (Å²) >= 11 is 0. The molecule has 0 bridgehead atoms. The van der Waals surface area contributed by atoms with Crippen molar-refractivity contribution < 1.29 is 24.2 Å². The highest BCUT2D eigenvalue weighted by Gasteiger charge is 2.48. The fourth-order valence-electron chi connectivity index (χ4n) is 2.76. The number of rotatable bonds is 5.